The molecule has 0 aliphatic rings. The molecule has 0 fully saturated rings. The molecular formula is C14H20N4OS. The number of thiophene rings is 1. The standard InChI is InChI=1S/C14H20N4OS/c1-9-7-10-12(16-8-17-13(10)20-9)15-6-5-11(19)18-14(2,3)4/h7-8H,5-6H2,1-4H3,(H,18,19)(H,15,16,17). The number of hydrogen-bond donors (Lipinski definition) is 2. The summed E-state index contributed by atoms with van der Waals surface area (Å²) in [6.07, 6.45) is 1.97. The first-order valence-corrected chi connectivity index (χ1v) is 7.43. The van der Waals surface area contributed by atoms with Crippen LogP contribution in [0.1, 0.15) is 32.1 Å². The molecule has 0 bridgehead atoms. The molecule has 0 spiro atoms. The summed E-state index contributed by atoms with van der Waals surface area (Å²) < 4.78 is 0. The van der Waals surface area contributed by atoms with Crippen LogP contribution in [0, 0.1) is 6.92 Å². The monoisotopic (exact) mass is 292 g/mol. The number of amides is 1. The molecule has 2 heterocycles. The van der Waals surface area contributed by atoms with Crippen molar-refractivity contribution < 1.29 is 4.79 Å². The number of nitrogens with zero attached hydrogens (tertiary/aromatic N) is 2. The van der Waals surface area contributed by atoms with Crippen molar-refractivity contribution in [3.05, 3.63) is 17.3 Å². The minimum absolute atomic E-state index is 0.0387. The number of carbonyl (C=O) groups is 1. The van der Waals surface area contributed by atoms with Crippen molar-refractivity contribution in [1.29, 1.82) is 0 Å². The Morgan fingerprint density at radius 1 is 1.35 bits per heavy atom. The van der Waals surface area contributed by atoms with Gasteiger partial charge in [0.05, 0.1) is 5.39 Å². The third-order valence-electron chi connectivity index (χ3n) is 2.61. The van der Waals surface area contributed by atoms with Crippen LogP contribution >= 0.6 is 11.3 Å². The lowest BCUT2D eigenvalue weighted by Crippen LogP contribution is -2.41. The quantitative estimate of drug-likeness (QED) is 0.909. The summed E-state index contributed by atoms with van der Waals surface area (Å²) in [4.78, 5) is 22.4. The fourth-order valence-electron chi connectivity index (χ4n) is 1.89. The van der Waals surface area contributed by atoms with Crippen molar-refractivity contribution in [2.45, 2.75) is 39.7 Å². The van der Waals surface area contributed by atoms with E-state index >= 15 is 0 Å². The molecule has 5 nitrogen and oxygen atoms in total. The van der Waals surface area contributed by atoms with Crippen molar-refractivity contribution in [2.24, 2.45) is 0 Å². The van der Waals surface area contributed by atoms with Gasteiger partial charge >= 0.3 is 0 Å². The molecule has 2 aromatic heterocycles. The molecule has 1 amide bonds. The maximum Gasteiger partial charge on any atom is 0.222 e. The van der Waals surface area contributed by atoms with Gasteiger partial charge in [-0.15, -0.1) is 11.3 Å². The Bertz CT molecular complexity index is 615. The SMILES string of the molecule is Cc1cc2c(NCCC(=O)NC(C)(C)C)ncnc2s1. The summed E-state index contributed by atoms with van der Waals surface area (Å²) >= 11 is 1.64. The van der Waals surface area contributed by atoms with E-state index in [9.17, 15) is 4.79 Å². The fourth-order valence-corrected chi connectivity index (χ4v) is 2.74. The van der Waals surface area contributed by atoms with Gasteiger partial charge in [0, 0.05) is 23.4 Å². The summed E-state index contributed by atoms with van der Waals surface area (Å²) in [5.41, 5.74) is -0.191. The first-order chi connectivity index (χ1) is 9.35. The van der Waals surface area contributed by atoms with Crippen LogP contribution in [0.15, 0.2) is 12.4 Å². The zero-order chi connectivity index (χ0) is 14.8. The Morgan fingerprint density at radius 3 is 2.80 bits per heavy atom. The highest BCUT2D eigenvalue weighted by molar-refractivity contribution is 7.18. The lowest BCUT2D eigenvalue weighted by molar-refractivity contribution is -0.122. The van der Waals surface area contributed by atoms with E-state index in [1.165, 1.54) is 4.88 Å². The number of hydrogen-bond acceptors (Lipinski definition) is 5. The largest absolute Gasteiger partial charge is 0.369 e. The van der Waals surface area contributed by atoms with Crippen molar-refractivity contribution in [3.63, 3.8) is 0 Å². The molecule has 6 heteroatoms. The second kappa shape index (κ2) is 5.75. The smallest absolute Gasteiger partial charge is 0.222 e. The Hall–Kier alpha value is -1.69. The zero-order valence-corrected chi connectivity index (χ0v) is 13.1. The molecule has 0 saturated heterocycles. The Kier molecular flexibility index (Phi) is 4.23. The number of nitrogens with one attached hydrogen (secondary N) is 2. The van der Waals surface area contributed by atoms with Crippen LogP contribution in [0.2, 0.25) is 0 Å². The number of aryl methyl sites for hydroxylation is 1. The molecule has 0 aromatic carbocycles. The average Bonchev–Trinajstić information content (AvgIpc) is 2.67. The maximum absolute atomic E-state index is 11.7. The van der Waals surface area contributed by atoms with Crippen LogP contribution in [0.3, 0.4) is 0 Å². The zero-order valence-electron chi connectivity index (χ0n) is 12.3. The average molecular weight is 292 g/mol. The van der Waals surface area contributed by atoms with Gasteiger partial charge in [0.2, 0.25) is 5.91 Å². The molecule has 0 aliphatic heterocycles. The molecule has 2 rings (SSSR count). The normalized spacial score (nSPS) is 11.6. The molecule has 2 aromatic rings. The third kappa shape index (κ3) is 3.90. The Labute approximate surface area is 122 Å². The van der Waals surface area contributed by atoms with Crippen molar-refractivity contribution >= 4 is 33.3 Å². The van der Waals surface area contributed by atoms with Crippen LogP contribution in [0.25, 0.3) is 10.2 Å². The predicted octanol–water partition coefficient (Wildman–Crippen LogP) is 2.72. The van der Waals surface area contributed by atoms with Crippen LogP contribution in [0.5, 0.6) is 0 Å². The van der Waals surface area contributed by atoms with E-state index in [1.807, 2.05) is 27.7 Å². The van der Waals surface area contributed by atoms with E-state index in [2.05, 4.69) is 26.7 Å². The highest BCUT2D eigenvalue weighted by atomic mass is 32.1. The van der Waals surface area contributed by atoms with E-state index < -0.39 is 0 Å². The number of anilines is 1. The second-order valence-electron chi connectivity index (χ2n) is 5.77. The van der Waals surface area contributed by atoms with Crippen LogP contribution < -0.4 is 10.6 Å². The highest BCUT2D eigenvalue weighted by Crippen LogP contribution is 2.27. The van der Waals surface area contributed by atoms with Gasteiger partial charge in [-0.05, 0) is 33.8 Å². The van der Waals surface area contributed by atoms with Gasteiger partial charge in [0.15, 0.2) is 0 Å². The van der Waals surface area contributed by atoms with Gasteiger partial charge in [0.25, 0.3) is 0 Å². The summed E-state index contributed by atoms with van der Waals surface area (Å²) in [7, 11) is 0. The number of carbonyl (C=O) groups excluding carboxylic acids is 1. The first-order valence-electron chi connectivity index (χ1n) is 6.61. The molecule has 0 unspecified atom stereocenters. The van der Waals surface area contributed by atoms with Crippen LogP contribution in [-0.4, -0.2) is 28.0 Å². The van der Waals surface area contributed by atoms with E-state index in [-0.39, 0.29) is 11.4 Å². The maximum atomic E-state index is 11.7. The fraction of sp³-hybridized carbons (Fsp3) is 0.500. The van der Waals surface area contributed by atoms with E-state index in [1.54, 1.807) is 17.7 Å². The van der Waals surface area contributed by atoms with Gasteiger partial charge in [-0.25, -0.2) is 9.97 Å². The topological polar surface area (TPSA) is 66.9 Å². The number of rotatable bonds is 4. The van der Waals surface area contributed by atoms with Gasteiger partial charge in [-0.1, -0.05) is 0 Å². The molecule has 0 aliphatic carbocycles. The number of aromatic nitrogens is 2. The molecular weight excluding hydrogens is 272 g/mol. The lowest BCUT2D eigenvalue weighted by atomic mass is 10.1. The minimum atomic E-state index is -0.191. The first kappa shape index (κ1) is 14.7. The summed E-state index contributed by atoms with van der Waals surface area (Å²) in [6, 6.07) is 2.07. The van der Waals surface area contributed by atoms with Gasteiger partial charge < -0.3 is 10.6 Å². The van der Waals surface area contributed by atoms with Gasteiger partial charge in [-0.2, -0.15) is 0 Å². The third-order valence-corrected chi connectivity index (χ3v) is 3.57. The van der Waals surface area contributed by atoms with E-state index in [0.29, 0.717) is 13.0 Å². The lowest BCUT2D eigenvalue weighted by Gasteiger charge is -2.20. The summed E-state index contributed by atoms with van der Waals surface area (Å²) in [5.74, 6) is 0.833. The molecule has 20 heavy (non-hydrogen) atoms. The van der Waals surface area contributed by atoms with Crippen molar-refractivity contribution in [2.75, 3.05) is 11.9 Å². The minimum Gasteiger partial charge on any atom is -0.369 e. The Balaban J connectivity index is 1.95. The Morgan fingerprint density at radius 2 is 2.10 bits per heavy atom. The van der Waals surface area contributed by atoms with Crippen molar-refractivity contribution in [3.8, 4) is 0 Å². The molecule has 0 saturated carbocycles. The second-order valence-corrected chi connectivity index (χ2v) is 7.01. The van der Waals surface area contributed by atoms with Gasteiger partial charge in [0.1, 0.15) is 17.0 Å². The molecule has 0 radical (unpaired) electrons. The number of fused-ring (bicyclic) bond motifs is 1. The van der Waals surface area contributed by atoms with Crippen LogP contribution in [0.4, 0.5) is 5.82 Å². The van der Waals surface area contributed by atoms with Crippen molar-refractivity contribution in [1.82, 2.24) is 15.3 Å². The van der Waals surface area contributed by atoms with E-state index in [0.717, 1.165) is 16.0 Å². The van der Waals surface area contributed by atoms with Crippen LogP contribution in [-0.2, 0) is 4.79 Å². The summed E-state index contributed by atoms with van der Waals surface area (Å²) in [6.45, 7) is 8.52. The van der Waals surface area contributed by atoms with E-state index in [4.69, 9.17) is 0 Å². The predicted molar refractivity (Wildman–Crippen MR) is 83.2 cm³/mol. The van der Waals surface area contributed by atoms with Gasteiger partial charge in [-0.3, -0.25) is 4.79 Å². The summed E-state index contributed by atoms with van der Waals surface area (Å²) in [5, 5.41) is 7.17. The molecule has 108 valence electrons. The molecule has 0 atom stereocenters. The molecule has 2 N–H and O–H groups in total. The highest BCUT2D eigenvalue weighted by Gasteiger charge is 2.13.